The van der Waals surface area contributed by atoms with Crippen LogP contribution in [0.5, 0.6) is 0 Å². The molecule has 64 valence electrons. The highest BCUT2D eigenvalue weighted by molar-refractivity contribution is 6.22. The second-order valence-electron chi connectivity index (χ2n) is 2.71. The molecule has 0 saturated carbocycles. The second-order valence-corrected chi connectivity index (χ2v) is 3.24. The number of hydrogen-bond acceptors (Lipinski definition) is 2. The first-order valence-corrected chi connectivity index (χ1v) is 4.36. The van der Waals surface area contributed by atoms with Gasteiger partial charge in [0.1, 0.15) is 5.38 Å². The Morgan fingerprint density at radius 3 is 2.73 bits per heavy atom. The predicted molar refractivity (Wildman–Crippen MR) is 47.7 cm³/mol. The average Bonchev–Trinajstić information content (AvgIpc) is 2.00. The molecule has 0 aromatic carbocycles. The Bertz CT molecular complexity index is 131. The van der Waals surface area contributed by atoms with E-state index in [2.05, 4.69) is 11.8 Å². The summed E-state index contributed by atoms with van der Waals surface area (Å²) in [4.78, 5) is 2.09. The predicted octanol–water partition coefficient (Wildman–Crippen LogP) is 1.85. The molecule has 0 aliphatic heterocycles. The van der Waals surface area contributed by atoms with Gasteiger partial charge in [-0.2, -0.15) is 5.26 Å². The van der Waals surface area contributed by atoms with E-state index in [0.717, 1.165) is 6.54 Å². The van der Waals surface area contributed by atoms with Crippen molar-refractivity contribution < 1.29 is 0 Å². The number of alkyl halides is 1. The fraction of sp³-hybridized carbons (Fsp3) is 0.875. The molecule has 0 saturated heterocycles. The van der Waals surface area contributed by atoms with Crippen molar-refractivity contribution in [2.75, 3.05) is 20.1 Å². The van der Waals surface area contributed by atoms with Gasteiger partial charge in [-0.05, 0) is 20.0 Å². The Morgan fingerprint density at radius 2 is 2.27 bits per heavy atom. The summed E-state index contributed by atoms with van der Waals surface area (Å²) >= 11 is 5.64. The lowest BCUT2D eigenvalue weighted by atomic mass is 10.3. The molecule has 0 spiro atoms. The Morgan fingerprint density at radius 1 is 1.64 bits per heavy atom. The monoisotopic (exact) mass is 174 g/mol. The van der Waals surface area contributed by atoms with Crippen LogP contribution in [0, 0.1) is 11.3 Å². The van der Waals surface area contributed by atoms with Gasteiger partial charge in [-0.25, -0.2) is 0 Å². The van der Waals surface area contributed by atoms with Gasteiger partial charge in [-0.1, -0.05) is 13.3 Å². The fourth-order valence-corrected chi connectivity index (χ4v) is 1.07. The van der Waals surface area contributed by atoms with Gasteiger partial charge in [0.25, 0.3) is 0 Å². The highest BCUT2D eigenvalue weighted by Gasteiger charge is 2.05. The molecule has 11 heavy (non-hydrogen) atoms. The van der Waals surface area contributed by atoms with Crippen molar-refractivity contribution in [1.29, 1.82) is 5.26 Å². The lowest BCUT2D eigenvalue weighted by Crippen LogP contribution is -2.26. The quantitative estimate of drug-likeness (QED) is 0.595. The van der Waals surface area contributed by atoms with Crippen molar-refractivity contribution in [3.8, 4) is 6.07 Å². The summed E-state index contributed by atoms with van der Waals surface area (Å²) < 4.78 is 0. The zero-order valence-electron chi connectivity index (χ0n) is 7.18. The molecule has 0 aromatic rings. The first-order valence-electron chi connectivity index (χ1n) is 3.93. The summed E-state index contributed by atoms with van der Waals surface area (Å²) in [5, 5.41) is 8.04. The van der Waals surface area contributed by atoms with Crippen LogP contribution >= 0.6 is 11.6 Å². The smallest absolute Gasteiger partial charge is 0.133 e. The minimum atomic E-state index is -0.364. The third kappa shape index (κ3) is 6.15. The Balaban J connectivity index is 3.37. The van der Waals surface area contributed by atoms with Gasteiger partial charge in [-0.15, -0.1) is 11.6 Å². The van der Waals surface area contributed by atoms with Gasteiger partial charge in [-0.3, -0.25) is 0 Å². The number of halogens is 1. The molecule has 0 aliphatic rings. The van der Waals surface area contributed by atoms with Gasteiger partial charge in [0.15, 0.2) is 0 Å². The van der Waals surface area contributed by atoms with Crippen molar-refractivity contribution in [2.45, 2.75) is 25.1 Å². The van der Waals surface area contributed by atoms with E-state index in [9.17, 15) is 0 Å². The molecule has 0 bridgehead atoms. The lowest BCUT2D eigenvalue weighted by Gasteiger charge is -2.15. The lowest BCUT2D eigenvalue weighted by molar-refractivity contribution is 0.337. The topological polar surface area (TPSA) is 27.0 Å². The molecular weight excluding hydrogens is 160 g/mol. The zero-order valence-corrected chi connectivity index (χ0v) is 7.93. The minimum absolute atomic E-state index is 0.364. The van der Waals surface area contributed by atoms with Crippen LogP contribution in [0.3, 0.4) is 0 Å². The molecule has 0 aromatic heterocycles. The standard InChI is InChI=1S/C8H15ClN2/c1-3-4-5-11(2)7-8(9)6-10/h8H,3-5,7H2,1-2H3. The van der Waals surface area contributed by atoms with Gasteiger partial charge in [0, 0.05) is 6.54 Å². The Kier molecular flexibility index (Phi) is 6.30. The van der Waals surface area contributed by atoms with Crippen LogP contribution in [0.4, 0.5) is 0 Å². The third-order valence-corrected chi connectivity index (χ3v) is 1.74. The van der Waals surface area contributed by atoms with Crippen LogP contribution in [-0.4, -0.2) is 30.4 Å². The maximum absolute atomic E-state index is 8.40. The van der Waals surface area contributed by atoms with E-state index in [1.54, 1.807) is 0 Å². The molecule has 0 aliphatic carbocycles. The van der Waals surface area contributed by atoms with Crippen molar-refractivity contribution in [3.05, 3.63) is 0 Å². The van der Waals surface area contributed by atoms with E-state index in [0.29, 0.717) is 6.54 Å². The molecule has 2 nitrogen and oxygen atoms in total. The van der Waals surface area contributed by atoms with Crippen LogP contribution in [0.1, 0.15) is 19.8 Å². The molecule has 0 rings (SSSR count). The summed E-state index contributed by atoms with van der Waals surface area (Å²) in [5.41, 5.74) is 0. The van der Waals surface area contributed by atoms with Crippen LogP contribution in [-0.2, 0) is 0 Å². The molecule has 0 radical (unpaired) electrons. The van der Waals surface area contributed by atoms with Crippen molar-refractivity contribution in [1.82, 2.24) is 4.90 Å². The first-order chi connectivity index (χ1) is 5.20. The normalized spacial score (nSPS) is 13.0. The number of unbranched alkanes of at least 4 members (excludes halogenated alkanes) is 1. The molecule has 1 unspecified atom stereocenters. The maximum atomic E-state index is 8.40. The molecule has 0 N–H and O–H groups in total. The molecule has 1 atom stereocenters. The Labute approximate surface area is 73.7 Å². The van der Waals surface area contributed by atoms with Crippen LogP contribution in [0.2, 0.25) is 0 Å². The molecule has 0 amide bonds. The third-order valence-electron chi connectivity index (χ3n) is 1.51. The van der Waals surface area contributed by atoms with Crippen molar-refractivity contribution in [2.24, 2.45) is 0 Å². The summed E-state index contributed by atoms with van der Waals surface area (Å²) in [7, 11) is 1.99. The zero-order chi connectivity index (χ0) is 8.69. The van der Waals surface area contributed by atoms with Crippen molar-refractivity contribution in [3.63, 3.8) is 0 Å². The first kappa shape index (κ1) is 10.7. The van der Waals surface area contributed by atoms with Crippen LogP contribution in [0.15, 0.2) is 0 Å². The SMILES string of the molecule is CCCCN(C)CC(Cl)C#N. The number of hydrogen-bond donors (Lipinski definition) is 0. The van der Waals surface area contributed by atoms with Crippen molar-refractivity contribution >= 4 is 11.6 Å². The van der Waals surface area contributed by atoms with E-state index >= 15 is 0 Å². The number of nitriles is 1. The summed E-state index contributed by atoms with van der Waals surface area (Å²) in [5.74, 6) is 0. The van der Waals surface area contributed by atoms with Gasteiger partial charge in [0.05, 0.1) is 6.07 Å². The molecule has 0 heterocycles. The Hall–Kier alpha value is -0.260. The maximum Gasteiger partial charge on any atom is 0.133 e. The van der Waals surface area contributed by atoms with Gasteiger partial charge in [0.2, 0.25) is 0 Å². The largest absolute Gasteiger partial charge is 0.304 e. The second kappa shape index (κ2) is 6.45. The highest BCUT2D eigenvalue weighted by atomic mass is 35.5. The van der Waals surface area contributed by atoms with E-state index in [-0.39, 0.29) is 5.38 Å². The molecule has 3 heteroatoms. The van der Waals surface area contributed by atoms with Gasteiger partial charge >= 0.3 is 0 Å². The number of rotatable bonds is 5. The highest BCUT2D eigenvalue weighted by Crippen LogP contribution is 1.98. The summed E-state index contributed by atoms with van der Waals surface area (Å²) in [6, 6.07) is 2.00. The fourth-order valence-electron chi connectivity index (χ4n) is 0.834. The minimum Gasteiger partial charge on any atom is -0.304 e. The van der Waals surface area contributed by atoms with E-state index in [1.807, 2.05) is 13.1 Å². The van der Waals surface area contributed by atoms with Gasteiger partial charge < -0.3 is 4.90 Å². The molecule has 0 fully saturated rings. The summed E-state index contributed by atoms with van der Waals surface area (Å²) in [6.07, 6.45) is 2.36. The van der Waals surface area contributed by atoms with E-state index < -0.39 is 0 Å². The number of nitrogens with zero attached hydrogens (tertiary/aromatic N) is 2. The average molecular weight is 175 g/mol. The summed E-state index contributed by atoms with van der Waals surface area (Å²) in [6.45, 7) is 3.84. The van der Waals surface area contributed by atoms with Crippen LogP contribution in [0.25, 0.3) is 0 Å². The van der Waals surface area contributed by atoms with Crippen LogP contribution < -0.4 is 0 Å². The van der Waals surface area contributed by atoms with E-state index in [1.165, 1.54) is 12.8 Å². The van der Waals surface area contributed by atoms with E-state index in [4.69, 9.17) is 16.9 Å². The molecular formula is C8H15ClN2.